The van der Waals surface area contributed by atoms with Gasteiger partial charge in [0, 0.05) is 12.8 Å². The summed E-state index contributed by atoms with van der Waals surface area (Å²) >= 11 is 0. The summed E-state index contributed by atoms with van der Waals surface area (Å²) in [4.78, 5) is 21.5. The highest BCUT2D eigenvalue weighted by Crippen LogP contribution is 2.13. The number of carboxylic acid groups (broad SMARTS) is 1. The highest BCUT2D eigenvalue weighted by molar-refractivity contribution is 5.77. The molecule has 6 nitrogen and oxygen atoms in total. The van der Waals surface area contributed by atoms with Crippen LogP contribution in [0.15, 0.2) is 0 Å². The minimum atomic E-state index is -0.732. The van der Waals surface area contributed by atoms with Crippen molar-refractivity contribution in [3.63, 3.8) is 0 Å². The Morgan fingerprint density at radius 3 is 3.00 bits per heavy atom. The van der Waals surface area contributed by atoms with Crippen LogP contribution in [0, 0.1) is 0 Å². The molecule has 0 bridgehead atoms. The van der Waals surface area contributed by atoms with Gasteiger partial charge in [0.25, 0.3) is 0 Å². The third-order valence-corrected chi connectivity index (χ3v) is 3.38. The van der Waals surface area contributed by atoms with E-state index in [0.717, 1.165) is 25.8 Å². The summed E-state index contributed by atoms with van der Waals surface area (Å²) in [5.41, 5.74) is 0. The molecule has 3 unspecified atom stereocenters. The maximum Gasteiger partial charge on any atom is 0.315 e. The van der Waals surface area contributed by atoms with E-state index in [4.69, 9.17) is 5.11 Å². The molecule has 2 saturated heterocycles. The molecule has 2 rings (SSSR count). The Balaban J connectivity index is 1.70. The summed E-state index contributed by atoms with van der Waals surface area (Å²) in [5, 5.41) is 16.6. The summed E-state index contributed by atoms with van der Waals surface area (Å²) in [7, 11) is 0. The van der Waals surface area contributed by atoms with E-state index in [1.807, 2.05) is 0 Å². The number of urea groups is 1. The van der Waals surface area contributed by atoms with E-state index in [1.165, 1.54) is 0 Å². The van der Waals surface area contributed by atoms with Crippen LogP contribution in [0.4, 0.5) is 4.79 Å². The van der Waals surface area contributed by atoms with Gasteiger partial charge in [-0.15, -0.1) is 0 Å². The van der Waals surface area contributed by atoms with Crippen molar-refractivity contribution in [1.29, 1.82) is 0 Å². The second-order valence-electron chi connectivity index (χ2n) is 4.52. The van der Waals surface area contributed by atoms with Crippen LogP contribution < -0.4 is 16.0 Å². The topological polar surface area (TPSA) is 95.0 Å². The lowest BCUT2D eigenvalue weighted by atomic mass is 10.0. The summed E-state index contributed by atoms with van der Waals surface area (Å²) in [5.74, 6) is -0.732. The van der Waals surface area contributed by atoms with Crippen molar-refractivity contribution >= 4 is 12.0 Å². The van der Waals surface area contributed by atoms with Crippen LogP contribution in [0.25, 0.3) is 0 Å². The maximum absolute atomic E-state index is 11.1. The molecular formula is C10H18N3O3+. The molecule has 0 aromatic carbocycles. The molecule has 2 fully saturated rings. The van der Waals surface area contributed by atoms with Crippen LogP contribution in [0.3, 0.4) is 0 Å². The van der Waals surface area contributed by atoms with Gasteiger partial charge in [-0.1, -0.05) is 0 Å². The number of carbonyl (C=O) groups is 2. The fraction of sp³-hybridized carbons (Fsp3) is 0.800. The lowest BCUT2D eigenvalue weighted by Gasteiger charge is -2.13. The summed E-state index contributed by atoms with van der Waals surface area (Å²) in [6.45, 7) is 0.924. The number of hydrogen-bond donors (Lipinski definition) is 4. The molecule has 0 radical (unpaired) electrons. The number of nitrogens with one attached hydrogen (secondary N) is 2. The Kier molecular flexibility index (Phi) is 3.28. The van der Waals surface area contributed by atoms with Crippen LogP contribution in [0.5, 0.6) is 0 Å². The van der Waals surface area contributed by atoms with Gasteiger partial charge in [0.1, 0.15) is 18.1 Å². The molecule has 2 amide bonds. The van der Waals surface area contributed by atoms with Crippen molar-refractivity contribution in [2.45, 2.75) is 43.8 Å². The van der Waals surface area contributed by atoms with Gasteiger partial charge in [-0.25, -0.2) is 4.79 Å². The first-order valence-electron chi connectivity index (χ1n) is 5.79. The van der Waals surface area contributed by atoms with E-state index in [-0.39, 0.29) is 24.5 Å². The second-order valence-corrected chi connectivity index (χ2v) is 4.52. The minimum Gasteiger partial charge on any atom is -0.481 e. The number of nitrogens with two attached hydrogens (primary N) is 1. The first kappa shape index (κ1) is 11.2. The molecular weight excluding hydrogens is 210 g/mol. The van der Waals surface area contributed by atoms with Gasteiger partial charge in [-0.3, -0.25) is 4.79 Å². The highest BCUT2D eigenvalue weighted by atomic mass is 16.4. The molecule has 0 aliphatic carbocycles. The number of hydrogen-bond acceptors (Lipinski definition) is 2. The lowest BCUT2D eigenvalue weighted by Crippen LogP contribution is -2.89. The molecule has 2 aliphatic heterocycles. The zero-order valence-electron chi connectivity index (χ0n) is 9.11. The van der Waals surface area contributed by atoms with Crippen molar-refractivity contribution in [3.8, 4) is 0 Å². The zero-order valence-corrected chi connectivity index (χ0v) is 9.11. The Labute approximate surface area is 93.8 Å². The van der Waals surface area contributed by atoms with E-state index in [0.29, 0.717) is 6.04 Å². The Bertz CT molecular complexity index is 295. The van der Waals surface area contributed by atoms with E-state index >= 15 is 0 Å². The SMILES string of the molecule is O=C(O)CCCCC1[NH2+]CC2NC(=O)NC21. The molecule has 6 heteroatoms. The van der Waals surface area contributed by atoms with Crippen molar-refractivity contribution in [2.75, 3.05) is 6.54 Å². The number of amides is 2. The summed E-state index contributed by atoms with van der Waals surface area (Å²) < 4.78 is 0. The number of carboxylic acids is 1. The van der Waals surface area contributed by atoms with E-state index in [2.05, 4.69) is 16.0 Å². The van der Waals surface area contributed by atoms with Crippen molar-refractivity contribution in [3.05, 3.63) is 0 Å². The lowest BCUT2D eigenvalue weighted by molar-refractivity contribution is -0.672. The third-order valence-electron chi connectivity index (χ3n) is 3.38. The van der Waals surface area contributed by atoms with Gasteiger partial charge >= 0.3 is 12.0 Å². The molecule has 0 aromatic rings. The second kappa shape index (κ2) is 4.69. The van der Waals surface area contributed by atoms with Crippen LogP contribution in [-0.2, 0) is 4.79 Å². The van der Waals surface area contributed by atoms with Gasteiger partial charge in [-0.2, -0.15) is 0 Å². The summed E-state index contributed by atoms with van der Waals surface area (Å²) in [6, 6.07) is 0.797. The predicted octanol–water partition coefficient (Wildman–Crippen LogP) is -1.37. The largest absolute Gasteiger partial charge is 0.481 e. The average molecular weight is 228 g/mol. The Morgan fingerprint density at radius 2 is 2.25 bits per heavy atom. The smallest absolute Gasteiger partial charge is 0.315 e. The number of fused-ring (bicyclic) bond motifs is 1. The average Bonchev–Trinajstić information content (AvgIpc) is 2.72. The summed E-state index contributed by atoms with van der Waals surface area (Å²) in [6.07, 6.45) is 2.84. The Morgan fingerprint density at radius 1 is 1.44 bits per heavy atom. The van der Waals surface area contributed by atoms with Crippen molar-refractivity contribution < 1.29 is 20.0 Å². The quantitative estimate of drug-likeness (QED) is 0.437. The standard InChI is InChI=1S/C10H17N3O3/c14-8(15)4-2-1-3-6-9-7(5-11-6)12-10(16)13-9/h6-7,9,11H,1-5H2,(H,14,15)(H2,12,13,16)/p+1. The van der Waals surface area contributed by atoms with Crippen LogP contribution >= 0.6 is 0 Å². The maximum atomic E-state index is 11.1. The van der Waals surface area contributed by atoms with Crippen LogP contribution in [0.1, 0.15) is 25.7 Å². The molecule has 5 N–H and O–H groups in total. The number of carbonyl (C=O) groups excluding carboxylic acids is 1. The van der Waals surface area contributed by atoms with Gasteiger partial charge in [-0.05, 0) is 12.8 Å². The predicted molar refractivity (Wildman–Crippen MR) is 55.9 cm³/mol. The monoisotopic (exact) mass is 228 g/mol. The normalized spacial score (nSPS) is 32.0. The van der Waals surface area contributed by atoms with Crippen LogP contribution in [0.2, 0.25) is 0 Å². The Hall–Kier alpha value is -1.30. The number of aliphatic carboxylic acids is 1. The molecule has 2 heterocycles. The fourth-order valence-corrected chi connectivity index (χ4v) is 2.58. The van der Waals surface area contributed by atoms with E-state index in [1.54, 1.807) is 0 Å². The van der Waals surface area contributed by atoms with Crippen molar-refractivity contribution in [2.24, 2.45) is 0 Å². The fourth-order valence-electron chi connectivity index (χ4n) is 2.58. The van der Waals surface area contributed by atoms with Crippen molar-refractivity contribution in [1.82, 2.24) is 10.6 Å². The molecule has 0 aromatic heterocycles. The van der Waals surface area contributed by atoms with E-state index in [9.17, 15) is 9.59 Å². The number of rotatable bonds is 5. The van der Waals surface area contributed by atoms with Gasteiger partial charge < -0.3 is 21.1 Å². The number of unbranched alkanes of at least 4 members (excludes halogenated alkanes) is 1. The van der Waals surface area contributed by atoms with Crippen LogP contribution in [-0.4, -0.2) is 41.8 Å². The molecule has 2 aliphatic rings. The third kappa shape index (κ3) is 2.44. The molecule has 0 spiro atoms. The van der Waals surface area contributed by atoms with Gasteiger partial charge in [0.2, 0.25) is 0 Å². The first-order chi connectivity index (χ1) is 7.66. The highest BCUT2D eigenvalue weighted by Gasteiger charge is 2.45. The molecule has 3 atom stereocenters. The number of quaternary nitrogens is 1. The van der Waals surface area contributed by atoms with E-state index < -0.39 is 5.97 Å². The minimum absolute atomic E-state index is 0.0707. The molecule has 90 valence electrons. The van der Waals surface area contributed by atoms with Gasteiger partial charge in [0.05, 0.1) is 6.54 Å². The molecule has 0 saturated carbocycles. The zero-order chi connectivity index (χ0) is 11.5. The first-order valence-corrected chi connectivity index (χ1v) is 5.79. The van der Waals surface area contributed by atoms with Gasteiger partial charge in [0.15, 0.2) is 0 Å². The molecule has 16 heavy (non-hydrogen) atoms.